The van der Waals surface area contributed by atoms with Gasteiger partial charge in [0, 0.05) is 13.3 Å². The lowest BCUT2D eigenvalue weighted by Crippen LogP contribution is -1.97. The van der Waals surface area contributed by atoms with Crippen molar-refractivity contribution in [2.75, 3.05) is 0 Å². The van der Waals surface area contributed by atoms with Gasteiger partial charge in [0.15, 0.2) is 11.5 Å². The molecule has 0 saturated heterocycles. The summed E-state index contributed by atoms with van der Waals surface area (Å²) in [6.07, 6.45) is 2.09. The normalized spacial score (nSPS) is 10.3. The van der Waals surface area contributed by atoms with E-state index in [1.807, 2.05) is 18.2 Å². The maximum atomic E-state index is 10.5. The number of carbonyl (C=O) groups is 1. The average molecular weight is 247 g/mol. The van der Waals surface area contributed by atoms with E-state index in [0.717, 1.165) is 5.56 Å². The number of hydrogen-bond acceptors (Lipinski definition) is 4. The molecule has 0 amide bonds. The number of carboxylic acid groups (broad SMARTS) is 1. The summed E-state index contributed by atoms with van der Waals surface area (Å²) in [5, 5.41) is 12.3. The quantitative estimate of drug-likeness (QED) is 0.879. The maximum Gasteiger partial charge on any atom is 0.303 e. The van der Waals surface area contributed by atoms with Crippen molar-refractivity contribution in [3.8, 4) is 11.5 Å². The van der Waals surface area contributed by atoms with Crippen molar-refractivity contribution in [2.24, 2.45) is 0 Å². The molecule has 1 aromatic carbocycles. The molecule has 0 spiro atoms. The molecule has 94 valence electrons. The Morgan fingerprint density at radius 1 is 1.50 bits per heavy atom. The van der Waals surface area contributed by atoms with Crippen molar-refractivity contribution in [3.63, 3.8) is 0 Å². The molecule has 1 N–H and O–H groups in total. The number of benzene rings is 1. The Balaban J connectivity index is 2.07. The van der Waals surface area contributed by atoms with Crippen LogP contribution in [0.1, 0.15) is 17.7 Å². The molecule has 0 aliphatic rings. The SMILES string of the molecule is Cc1oncc1Oc1cccc(CCC(=O)O)c1. The van der Waals surface area contributed by atoms with E-state index >= 15 is 0 Å². The van der Waals surface area contributed by atoms with Crippen LogP contribution in [0.2, 0.25) is 0 Å². The number of aliphatic carboxylic acids is 1. The van der Waals surface area contributed by atoms with E-state index in [4.69, 9.17) is 14.4 Å². The molecule has 0 fully saturated rings. The largest absolute Gasteiger partial charge is 0.481 e. The van der Waals surface area contributed by atoms with Crippen LogP contribution < -0.4 is 4.74 Å². The van der Waals surface area contributed by atoms with Gasteiger partial charge in [0.1, 0.15) is 11.9 Å². The number of ether oxygens (including phenoxy) is 1. The van der Waals surface area contributed by atoms with Gasteiger partial charge in [0.2, 0.25) is 0 Å². The minimum atomic E-state index is -0.809. The van der Waals surface area contributed by atoms with Gasteiger partial charge < -0.3 is 14.4 Å². The van der Waals surface area contributed by atoms with E-state index in [2.05, 4.69) is 5.16 Å². The summed E-state index contributed by atoms with van der Waals surface area (Å²) in [6, 6.07) is 7.32. The highest BCUT2D eigenvalue weighted by Gasteiger charge is 2.06. The van der Waals surface area contributed by atoms with Gasteiger partial charge in [-0.1, -0.05) is 17.3 Å². The Morgan fingerprint density at radius 2 is 2.33 bits per heavy atom. The Hall–Kier alpha value is -2.30. The maximum absolute atomic E-state index is 10.5. The van der Waals surface area contributed by atoms with Crippen LogP contribution in [0.15, 0.2) is 35.0 Å². The fourth-order valence-electron chi connectivity index (χ4n) is 1.53. The minimum absolute atomic E-state index is 0.107. The first-order valence-electron chi connectivity index (χ1n) is 5.55. The predicted octanol–water partition coefficient (Wildman–Crippen LogP) is 2.79. The average Bonchev–Trinajstić information content (AvgIpc) is 2.73. The molecule has 0 unspecified atom stereocenters. The van der Waals surface area contributed by atoms with Gasteiger partial charge in [-0.3, -0.25) is 4.79 Å². The Bertz CT molecular complexity index is 547. The van der Waals surface area contributed by atoms with E-state index in [-0.39, 0.29) is 6.42 Å². The molecule has 0 aliphatic heterocycles. The van der Waals surface area contributed by atoms with E-state index in [9.17, 15) is 4.79 Å². The van der Waals surface area contributed by atoms with Crippen LogP contribution in [0.4, 0.5) is 0 Å². The number of rotatable bonds is 5. The number of nitrogens with zero attached hydrogens (tertiary/aromatic N) is 1. The minimum Gasteiger partial charge on any atom is -0.481 e. The summed E-state index contributed by atoms with van der Waals surface area (Å²) in [7, 11) is 0. The molecular formula is C13H13NO4. The zero-order valence-corrected chi connectivity index (χ0v) is 9.92. The second-order valence-corrected chi connectivity index (χ2v) is 3.89. The van der Waals surface area contributed by atoms with Crippen molar-refractivity contribution in [2.45, 2.75) is 19.8 Å². The third-order valence-electron chi connectivity index (χ3n) is 2.46. The van der Waals surface area contributed by atoms with Crippen LogP contribution in [0.3, 0.4) is 0 Å². The molecule has 5 nitrogen and oxygen atoms in total. The molecule has 0 atom stereocenters. The van der Waals surface area contributed by atoms with Gasteiger partial charge in [-0.15, -0.1) is 0 Å². The predicted molar refractivity (Wildman–Crippen MR) is 63.7 cm³/mol. The van der Waals surface area contributed by atoms with Crippen molar-refractivity contribution in [3.05, 3.63) is 41.8 Å². The molecule has 1 aromatic heterocycles. The molecule has 5 heteroatoms. The van der Waals surface area contributed by atoms with Gasteiger partial charge >= 0.3 is 5.97 Å². The van der Waals surface area contributed by atoms with Crippen molar-refractivity contribution >= 4 is 5.97 Å². The zero-order valence-electron chi connectivity index (χ0n) is 9.92. The highest BCUT2D eigenvalue weighted by molar-refractivity contribution is 5.67. The molecule has 18 heavy (non-hydrogen) atoms. The van der Waals surface area contributed by atoms with Gasteiger partial charge in [0.25, 0.3) is 0 Å². The van der Waals surface area contributed by atoms with Crippen LogP contribution in [-0.4, -0.2) is 16.2 Å². The van der Waals surface area contributed by atoms with E-state index < -0.39 is 5.97 Å². The van der Waals surface area contributed by atoms with E-state index in [0.29, 0.717) is 23.7 Å². The summed E-state index contributed by atoms with van der Waals surface area (Å²) in [5.41, 5.74) is 0.920. The van der Waals surface area contributed by atoms with Gasteiger partial charge in [-0.05, 0) is 24.1 Å². The van der Waals surface area contributed by atoms with Crippen LogP contribution >= 0.6 is 0 Å². The van der Waals surface area contributed by atoms with Crippen LogP contribution in [-0.2, 0) is 11.2 Å². The Labute approximate surface area is 104 Å². The summed E-state index contributed by atoms with van der Waals surface area (Å²) < 4.78 is 10.5. The Kier molecular flexibility index (Phi) is 3.62. The number of hydrogen-bond donors (Lipinski definition) is 1. The monoisotopic (exact) mass is 247 g/mol. The summed E-state index contributed by atoms with van der Waals surface area (Å²) in [5.74, 6) is 0.997. The third kappa shape index (κ3) is 3.10. The van der Waals surface area contributed by atoms with Gasteiger partial charge in [-0.25, -0.2) is 0 Å². The fraction of sp³-hybridized carbons (Fsp3) is 0.231. The molecule has 0 bridgehead atoms. The lowest BCUT2D eigenvalue weighted by molar-refractivity contribution is -0.136. The molecular weight excluding hydrogens is 234 g/mol. The molecule has 0 radical (unpaired) electrons. The molecule has 2 aromatic rings. The lowest BCUT2D eigenvalue weighted by Gasteiger charge is -2.05. The highest BCUT2D eigenvalue weighted by Crippen LogP contribution is 2.25. The molecule has 0 saturated carbocycles. The molecule has 1 heterocycles. The first-order valence-corrected chi connectivity index (χ1v) is 5.55. The van der Waals surface area contributed by atoms with E-state index in [1.165, 1.54) is 6.20 Å². The van der Waals surface area contributed by atoms with Crippen molar-refractivity contribution in [1.29, 1.82) is 0 Å². The summed E-state index contributed by atoms with van der Waals surface area (Å²) >= 11 is 0. The first kappa shape index (κ1) is 12.2. The zero-order chi connectivity index (χ0) is 13.0. The third-order valence-corrected chi connectivity index (χ3v) is 2.46. The second kappa shape index (κ2) is 5.35. The summed E-state index contributed by atoms with van der Waals surface area (Å²) in [6.45, 7) is 1.76. The first-order chi connectivity index (χ1) is 8.65. The second-order valence-electron chi connectivity index (χ2n) is 3.89. The van der Waals surface area contributed by atoms with Crippen molar-refractivity contribution in [1.82, 2.24) is 5.16 Å². The lowest BCUT2D eigenvalue weighted by atomic mass is 10.1. The number of aryl methyl sites for hydroxylation is 2. The standard InChI is InChI=1S/C13H13NO4/c1-9-12(8-14-18-9)17-11-4-2-3-10(7-11)5-6-13(15)16/h2-4,7-8H,5-6H2,1H3,(H,15,16). The highest BCUT2D eigenvalue weighted by atomic mass is 16.5. The van der Waals surface area contributed by atoms with Crippen LogP contribution in [0.25, 0.3) is 0 Å². The number of aromatic nitrogens is 1. The fourth-order valence-corrected chi connectivity index (χ4v) is 1.53. The number of carboxylic acids is 1. The van der Waals surface area contributed by atoms with Crippen molar-refractivity contribution < 1.29 is 19.2 Å². The topological polar surface area (TPSA) is 72.6 Å². The van der Waals surface area contributed by atoms with Crippen LogP contribution in [0, 0.1) is 6.92 Å². The van der Waals surface area contributed by atoms with Crippen LogP contribution in [0.5, 0.6) is 11.5 Å². The van der Waals surface area contributed by atoms with E-state index in [1.54, 1.807) is 13.0 Å². The van der Waals surface area contributed by atoms with Gasteiger partial charge in [0.05, 0.1) is 0 Å². The molecule has 0 aliphatic carbocycles. The van der Waals surface area contributed by atoms with Gasteiger partial charge in [-0.2, -0.15) is 0 Å². The Morgan fingerprint density at radius 3 is 3.00 bits per heavy atom. The smallest absolute Gasteiger partial charge is 0.303 e. The molecule has 2 rings (SSSR count). The summed E-state index contributed by atoms with van der Waals surface area (Å²) in [4.78, 5) is 10.5.